The Balaban J connectivity index is 1.80. The summed E-state index contributed by atoms with van der Waals surface area (Å²) in [5.41, 5.74) is 1.15. The summed E-state index contributed by atoms with van der Waals surface area (Å²) in [5.74, 6) is 0.153. The van der Waals surface area contributed by atoms with Crippen LogP contribution in [-0.4, -0.2) is 30.4 Å². The minimum atomic E-state index is 0.153. The van der Waals surface area contributed by atoms with Gasteiger partial charge in [0.2, 0.25) is 5.91 Å². The average Bonchev–Trinajstić information content (AvgIpc) is 3.13. The number of rotatable bonds is 5. The van der Waals surface area contributed by atoms with Crippen LogP contribution < -0.4 is 5.32 Å². The van der Waals surface area contributed by atoms with Crippen LogP contribution in [0.2, 0.25) is 0 Å². The molecule has 92 valence electrons. The number of nitrogens with zero attached hydrogens (tertiary/aromatic N) is 1. The summed E-state index contributed by atoms with van der Waals surface area (Å²) in [4.78, 5) is 13.6. The Kier molecular flexibility index (Phi) is 4.18. The summed E-state index contributed by atoms with van der Waals surface area (Å²) in [7, 11) is 1.85. The van der Waals surface area contributed by atoms with E-state index in [1.165, 1.54) is 12.8 Å². The highest BCUT2D eigenvalue weighted by atomic mass is 79.9. The normalized spacial score (nSPS) is 14.7. The van der Waals surface area contributed by atoms with Crippen molar-refractivity contribution in [2.24, 2.45) is 0 Å². The Labute approximate surface area is 110 Å². The molecule has 3 nitrogen and oxygen atoms in total. The molecule has 2 rings (SSSR count). The molecular weight excluding hydrogens is 280 g/mol. The Bertz CT molecular complexity index is 387. The molecule has 1 saturated carbocycles. The fourth-order valence-electron chi connectivity index (χ4n) is 1.61. The van der Waals surface area contributed by atoms with Crippen LogP contribution in [0.25, 0.3) is 0 Å². The summed E-state index contributed by atoms with van der Waals surface area (Å²) in [5, 5.41) is 3.23. The SMILES string of the molecule is CN(Cc1ccc(Br)cc1)C(=O)CNC1CC1. The second kappa shape index (κ2) is 5.65. The molecule has 0 radical (unpaired) electrons. The fraction of sp³-hybridized carbons (Fsp3) is 0.462. The van der Waals surface area contributed by atoms with Crippen molar-refractivity contribution < 1.29 is 4.79 Å². The minimum absolute atomic E-state index is 0.153. The van der Waals surface area contributed by atoms with Crippen molar-refractivity contribution in [1.82, 2.24) is 10.2 Å². The molecule has 0 aromatic heterocycles. The lowest BCUT2D eigenvalue weighted by atomic mass is 10.2. The van der Waals surface area contributed by atoms with Crippen LogP contribution >= 0.6 is 15.9 Å². The van der Waals surface area contributed by atoms with E-state index >= 15 is 0 Å². The maximum absolute atomic E-state index is 11.8. The fourth-order valence-corrected chi connectivity index (χ4v) is 1.87. The van der Waals surface area contributed by atoms with E-state index in [4.69, 9.17) is 0 Å². The molecule has 0 saturated heterocycles. The van der Waals surface area contributed by atoms with Crippen molar-refractivity contribution in [2.45, 2.75) is 25.4 Å². The summed E-state index contributed by atoms with van der Waals surface area (Å²) in [6.07, 6.45) is 2.42. The molecule has 1 aliphatic rings. The van der Waals surface area contributed by atoms with Crippen LogP contribution in [0.5, 0.6) is 0 Å². The van der Waals surface area contributed by atoms with Gasteiger partial charge in [-0.2, -0.15) is 0 Å². The van der Waals surface area contributed by atoms with Crippen LogP contribution in [0, 0.1) is 0 Å². The van der Waals surface area contributed by atoms with Gasteiger partial charge in [-0.05, 0) is 30.5 Å². The van der Waals surface area contributed by atoms with Crippen molar-refractivity contribution in [1.29, 1.82) is 0 Å². The highest BCUT2D eigenvalue weighted by Gasteiger charge is 2.21. The van der Waals surface area contributed by atoms with Gasteiger partial charge in [-0.3, -0.25) is 4.79 Å². The lowest BCUT2D eigenvalue weighted by Gasteiger charge is -2.17. The quantitative estimate of drug-likeness (QED) is 0.903. The highest BCUT2D eigenvalue weighted by Crippen LogP contribution is 2.18. The van der Waals surface area contributed by atoms with E-state index in [0.717, 1.165) is 10.0 Å². The molecule has 0 aliphatic heterocycles. The summed E-state index contributed by atoms with van der Waals surface area (Å²) in [6.45, 7) is 1.12. The average molecular weight is 297 g/mol. The van der Waals surface area contributed by atoms with E-state index in [0.29, 0.717) is 19.1 Å². The monoisotopic (exact) mass is 296 g/mol. The van der Waals surface area contributed by atoms with Crippen LogP contribution in [0.4, 0.5) is 0 Å². The third kappa shape index (κ3) is 4.13. The molecule has 1 aromatic carbocycles. The second-order valence-corrected chi connectivity index (χ2v) is 5.45. The number of halogens is 1. The number of carbonyl (C=O) groups excluding carboxylic acids is 1. The predicted octanol–water partition coefficient (Wildman–Crippen LogP) is 2.16. The lowest BCUT2D eigenvalue weighted by Crippen LogP contribution is -2.35. The first-order chi connectivity index (χ1) is 8.15. The number of hydrogen-bond donors (Lipinski definition) is 1. The predicted molar refractivity (Wildman–Crippen MR) is 71.6 cm³/mol. The Hall–Kier alpha value is -0.870. The maximum Gasteiger partial charge on any atom is 0.236 e. The van der Waals surface area contributed by atoms with E-state index in [1.54, 1.807) is 4.90 Å². The lowest BCUT2D eigenvalue weighted by molar-refractivity contribution is -0.129. The third-order valence-corrected chi connectivity index (χ3v) is 3.41. The number of carbonyl (C=O) groups is 1. The molecule has 1 fully saturated rings. The van der Waals surface area contributed by atoms with E-state index < -0.39 is 0 Å². The standard InChI is InChI=1S/C13H17BrN2O/c1-16(13(17)8-15-12-6-7-12)9-10-2-4-11(14)5-3-10/h2-5,12,15H,6-9H2,1H3. The maximum atomic E-state index is 11.8. The number of hydrogen-bond acceptors (Lipinski definition) is 2. The Morgan fingerprint density at radius 1 is 1.41 bits per heavy atom. The van der Waals surface area contributed by atoms with E-state index in [1.807, 2.05) is 31.3 Å². The molecule has 0 spiro atoms. The molecule has 1 aromatic rings. The first kappa shape index (κ1) is 12.6. The zero-order valence-corrected chi connectivity index (χ0v) is 11.5. The minimum Gasteiger partial charge on any atom is -0.340 e. The first-order valence-corrected chi connectivity index (χ1v) is 6.66. The molecule has 4 heteroatoms. The van der Waals surface area contributed by atoms with Gasteiger partial charge in [-0.15, -0.1) is 0 Å². The highest BCUT2D eigenvalue weighted by molar-refractivity contribution is 9.10. The van der Waals surface area contributed by atoms with Crippen molar-refractivity contribution in [3.8, 4) is 0 Å². The van der Waals surface area contributed by atoms with E-state index in [-0.39, 0.29) is 5.91 Å². The van der Waals surface area contributed by atoms with E-state index in [2.05, 4.69) is 21.2 Å². The third-order valence-electron chi connectivity index (χ3n) is 2.88. The topological polar surface area (TPSA) is 32.3 Å². The molecule has 1 N–H and O–H groups in total. The Morgan fingerprint density at radius 2 is 2.06 bits per heavy atom. The van der Waals surface area contributed by atoms with Gasteiger partial charge in [-0.1, -0.05) is 28.1 Å². The number of benzene rings is 1. The summed E-state index contributed by atoms with van der Waals surface area (Å²) < 4.78 is 1.06. The number of nitrogens with one attached hydrogen (secondary N) is 1. The van der Waals surface area contributed by atoms with Crippen molar-refractivity contribution in [3.63, 3.8) is 0 Å². The van der Waals surface area contributed by atoms with Crippen LogP contribution in [0.1, 0.15) is 18.4 Å². The molecule has 1 amide bonds. The van der Waals surface area contributed by atoms with Gasteiger partial charge in [0, 0.05) is 24.1 Å². The first-order valence-electron chi connectivity index (χ1n) is 5.87. The molecule has 0 atom stereocenters. The van der Waals surface area contributed by atoms with Gasteiger partial charge in [0.25, 0.3) is 0 Å². The molecule has 1 aliphatic carbocycles. The zero-order valence-electron chi connectivity index (χ0n) is 9.95. The van der Waals surface area contributed by atoms with Gasteiger partial charge < -0.3 is 10.2 Å². The van der Waals surface area contributed by atoms with Crippen molar-refractivity contribution >= 4 is 21.8 Å². The van der Waals surface area contributed by atoms with Gasteiger partial charge in [-0.25, -0.2) is 0 Å². The Morgan fingerprint density at radius 3 is 2.65 bits per heavy atom. The summed E-state index contributed by atoms with van der Waals surface area (Å²) >= 11 is 3.40. The molecule has 0 heterocycles. The van der Waals surface area contributed by atoms with E-state index in [9.17, 15) is 4.79 Å². The van der Waals surface area contributed by atoms with Crippen LogP contribution in [-0.2, 0) is 11.3 Å². The van der Waals surface area contributed by atoms with Crippen molar-refractivity contribution in [3.05, 3.63) is 34.3 Å². The van der Waals surface area contributed by atoms with Gasteiger partial charge in [0.1, 0.15) is 0 Å². The largest absolute Gasteiger partial charge is 0.340 e. The molecule has 17 heavy (non-hydrogen) atoms. The smallest absolute Gasteiger partial charge is 0.236 e. The summed E-state index contributed by atoms with van der Waals surface area (Å²) in [6, 6.07) is 8.64. The molecule has 0 unspecified atom stereocenters. The van der Waals surface area contributed by atoms with Gasteiger partial charge in [0.15, 0.2) is 0 Å². The van der Waals surface area contributed by atoms with Gasteiger partial charge >= 0.3 is 0 Å². The second-order valence-electron chi connectivity index (χ2n) is 4.53. The molecular formula is C13H17BrN2O. The zero-order chi connectivity index (χ0) is 12.3. The van der Waals surface area contributed by atoms with Crippen LogP contribution in [0.15, 0.2) is 28.7 Å². The van der Waals surface area contributed by atoms with Gasteiger partial charge in [0.05, 0.1) is 6.54 Å². The van der Waals surface area contributed by atoms with Crippen molar-refractivity contribution in [2.75, 3.05) is 13.6 Å². The number of amides is 1. The number of likely N-dealkylation sites (N-methyl/N-ethyl adjacent to an activating group) is 1. The molecule has 0 bridgehead atoms. The van der Waals surface area contributed by atoms with Crippen LogP contribution in [0.3, 0.4) is 0 Å².